The molecule has 1 unspecified atom stereocenters. The molecule has 2 saturated heterocycles. The highest BCUT2D eigenvalue weighted by atomic mass is 19.1. The summed E-state index contributed by atoms with van der Waals surface area (Å²) in [5.41, 5.74) is 1.97. The fraction of sp³-hybridized carbons (Fsp3) is 0.650. The molecular weight excluding hydrogens is 319 g/mol. The van der Waals surface area contributed by atoms with Gasteiger partial charge in [0.05, 0.1) is 6.61 Å². The number of nitrogens with zero attached hydrogens (tertiary/aromatic N) is 2. The zero-order valence-corrected chi connectivity index (χ0v) is 15.3. The van der Waals surface area contributed by atoms with Crippen molar-refractivity contribution in [1.29, 1.82) is 0 Å². The molecule has 25 heavy (non-hydrogen) atoms. The van der Waals surface area contributed by atoms with Gasteiger partial charge in [0.1, 0.15) is 5.82 Å². The molecule has 2 fully saturated rings. The second-order valence-corrected chi connectivity index (χ2v) is 7.35. The number of likely N-dealkylation sites (tertiary alicyclic amines) is 2. The minimum atomic E-state index is -0.174. The van der Waals surface area contributed by atoms with Gasteiger partial charge in [0, 0.05) is 25.7 Å². The Labute approximate surface area is 149 Å². The molecule has 0 aliphatic carbocycles. The Bertz CT molecular complexity index is 599. The third-order valence-corrected chi connectivity index (χ3v) is 5.57. The smallest absolute Gasteiger partial charge is 0.409 e. The molecule has 4 nitrogen and oxygen atoms in total. The fourth-order valence-corrected chi connectivity index (χ4v) is 4.16. The molecule has 3 rings (SSSR count). The van der Waals surface area contributed by atoms with E-state index in [0.717, 1.165) is 51.0 Å². The predicted molar refractivity (Wildman–Crippen MR) is 96.1 cm³/mol. The Hall–Kier alpha value is -1.62. The molecular formula is C20H29FN2O2. The highest BCUT2D eigenvalue weighted by Crippen LogP contribution is 2.27. The van der Waals surface area contributed by atoms with Gasteiger partial charge in [0.2, 0.25) is 0 Å². The lowest BCUT2D eigenvalue weighted by atomic mass is 9.97. The summed E-state index contributed by atoms with van der Waals surface area (Å²) in [5, 5.41) is 0. The number of halogens is 1. The van der Waals surface area contributed by atoms with Gasteiger partial charge in [-0.25, -0.2) is 9.18 Å². The number of carbonyl (C=O) groups is 1. The second-order valence-electron chi connectivity index (χ2n) is 7.35. The Kier molecular flexibility index (Phi) is 5.94. The van der Waals surface area contributed by atoms with Crippen LogP contribution in [0.25, 0.3) is 0 Å². The highest BCUT2D eigenvalue weighted by Gasteiger charge is 2.32. The lowest BCUT2D eigenvalue weighted by Gasteiger charge is -2.36. The molecule has 2 aliphatic rings. The molecule has 138 valence electrons. The van der Waals surface area contributed by atoms with Gasteiger partial charge in [-0.1, -0.05) is 12.1 Å². The minimum absolute atomic E-state index is 0.120. The standard InChI is InChI=1S/C20H29FN2O2/c1-3-25-20(24)22-10-7-18(8-11-22)23-9-6-17(14-23)13-16-4-5-19(21)15(2)12-16/h4-5,12,17-18H,3,6-11,13-14H2,1-2H3. The summed E-state index contributed by atoms with van der Waals surface area (Å²) in [5.74, 6) is 0.526. The van der Waals surface area contributed by atoms with E-state index in [4.69, 9.17) is 4.74 Å². The van der Waals surface area contributed by atoms with Gasteiger partial charge in [-0.3, -0.25) is 4.90 Å². The van der Waals surface area contributed by atoms with E-state index in [1.165, 1.54) is 12.0 Å². The minimum Gasteiger partial charge on any atom is -0.450 e. The van der Waals surface area contributed by atoms with Crippen LogP contribution in [0.4, 0.5) is 9.18 Å². The van der Waals surface area contributed by atoms with E-state index < -0.39 is 0 Å². The van der Waals surface area contributed by atoms with Gasteiger partial charge in [-0.15, -0.1) is 0 Å². The summed E-state index contributed by atoms with van der Waals surface area (Å²) in [6, 6.07) is 6.06. The molecule has 0 bridgehead atoms. The van der Waals surface area contributed by atoms with Crippen molar-refractivity contribution in [3.63, 3.8) is 0 Å². The van der Waals surface area contributed by atoms with Crippen LogP contribution in [-0.2, 0) is 11.2 Å². The number of hydrogen-bond acceptors (Lipinski definition) is 3. The Morgan fingerprint density at radius 2 is 2.00 bits per heavy atom. The van der Waals surface area contributed by atoms with Crippen molar-refractivity contribution in [2.45, 2.75) is 45.6 Å². The Morgan fingerprint density at radius 1 is 1.24 bits per heavy atom. The summed E-state index contributed by atoms with van der Waals surface area (Å²) in [6.07, 6.45) is 4.11. The van der Waals surface area contributed by atoms with Crippen LogP contribution in [0, 0.1) is 18.7 Å². The number of rotatable bonds is 4. The van der Waals surface area contributed by atoms with Gasteiger partial charge in [0.25, 0.3) is 0 Å². The van der Waals surface area contributed by atoms with Crippen LogP contribution in [0.3, 0.4) is 0 Å². The lowest BCUT2D eigenvalue weighted by molar-refractivity contribution is 0.0797. The van der Waals surface area contributed by atoms with Crippen molar-refractivity contribution in [2.24, 2.45) is 5.92 Å². The first kappa shape index (κ1) is 18.2. The van der Waals surface area contributed by atoms with Gasteiger partial charge >= 0.3 is 6.09 Å². The zero-order valence-electron chi connectivity index (χ0n) is 15.3. The largest absolute Gasteiger partial charge is 0.450 e. The topological polar surface area (TPSA) is 32.8 Å². The lowest BCUT2D eigenvalue weighted by Crippen LogP contribution is -2.46. The first-order valence-electron chi connectivity index (χ1n) is 9.47. The molecule has 0 N–H and O–H groups in total. The van der Waals surface area contributed by atoms with Crippen LogP contribution in [0.1, 0.15) is 37.3 Å². The number of benzene rings is 1. The van der Waals surface area contributed by atoms with Crippen molar-refractivity contribution in [3.8, 4) is 0 Å². The van der Waals surface area contributed by atoms with Crippen LogP contribution < -0.4 is 0 Å². The summed E-state index contributed by atoms with van der Waals surface area (Å²) in [7, 11) is 0. The van der Waals surface area contributed by atoms with Gasteiger partial charge < -0.3 is 9.64 Å². The van der Waals surface area contributed by atoms with Crippen LogP contribution in [0.15, 0.2) is 18.2 Å². The average molecular weight is 348 g/mol. The second kappa shape index (κ2) is 8.17. The third-order valence-electron chi connectivity index (χ3n) is 5.57. The molecule has 0 aromatic heterocycles. The monoisotopic (exact) mass is 348 g/mol. The van der Waals surface area contributed by atoms with Gasteiger partial charge in [0.15, 0.2) is 0 Å². The first-order valence-corrected chi connectivity index (χ1v) is 9.47. The molecule has 5 heteroatoms. The maximum atomic E-state index is 13.4. The van der Waals surface area contributed by atoms with Crippen LogP contribution >= 0.6 is 0 Å². The highest BCUT2D eigenvalue weighted by molar-refractivity contribution is 5.67. The SMILES string of the molecule is CCOC(=O)N1CCC(N2CCC(Cc3ccc(F)c(C)c3)C2)CC1. The first-order chi connectivity index (χ1) is 12.1. The third kappa shape index (κ3) is 4.51. The van der Waals surface area contributed by atoms with E-state index >= 15 is 0 Å². The maximum absolute atomic E-state index is 13.4. The zero-order chi connectivity index (χ0) is 17.8. The van der Waals surface area contributed by atoms with E-state index in [9.17, 15) is 9.18 Å². The number of hydrogen-bond donors (Lipinski definition) is 0. The number of ether oxygens (including phenoxy) is 1. The Balaban J connectivity index is 1.47. The average Bonchev–Trinajstić information content (AvgIpc) is 3.07. The molecule has 2 heterocycles. The predicted octanol–water partition coefficient (Wildman–Crippen LogP) is 3.62. The van der Waals surface area contributed by atoms with E-state index in [1.807, 2.05) is 30.9 Å². The molecule has 1 aromatic rings. The number of piperidine rings is 1. The van der Waals surface area contributed by atoms with Crippen molar-refractivity contribution < 1.29 is 13.9 Å². The molecule has 1 amide bonds. The number of amides is 1. The van der Waals surface area contributed by atoms with Crippen molar-refractivity contribution >= 4 is 6.09 Å². The normalized spacial score (nSPS) is 22.4. The van der Waals surface area contributed by atoms with Crippen molar-refractivity contribution in [2.75, 3.05) is 32.8 Å². The summed E-state index contributed by atoms with van der Waals surface area (Å²) in [4.78, 5) is 16.2. The molecule has 2 aliphatic heterocycles. The molecule has 0 saturated carbocycles. The quantitative estimate of drug-likeness (QED) is 0.833. The van der Waals surface area contributed by atoms with Crippen LogP contribution in [0.2, 0.25) is 0 Å². The molecule has 1 aromatic carbocycles. The fourth-order valence-electron chi connectivity index (χ4n) is 4.16. The molecule has 0 radical (unpaired) electrons. The summed E-state index contributed by atoms with van der Waals surface area (Å²) in [6.45, 7) is 7.95. The Morgan fingerprint density at radius 3 is 2.68 bits per heavy atom. The van der Waals surface area contributed by atoms with E-state index in [2.05, 4.69) is 4.90 Å². The summed E-state index contributed by atoms with van der Waals surface area (Å²) >= 11 is 0. The van der Waals surface area contributed by atoms with E-state index in [-0.39, 0.29) is 11.9 Å². The van der Waals surface area contributed by atoms with E-state index in [0.29, 0.717) is 18.6 Å². The van der Waals surface area contributed by atoms with Crippen molar-refractivity contribution in [1.82, 2.24) is 9.80 Å². The number of aryl methyl sites for hydroxylation is 1. The molecule has 1 atom stereocenters. The van der Waals surface area contributed by atoms with Crippen molar-refractivity contribution in [3.05, 3.63) is 35.1 Å². The van der Waals surface area contributed by atoms with Gasteiger partial charge in [-0.05, 0) is 69.2 Å². The molecule has 0 spiro atoms. The number of carbonyl (C=O) groups excluding carboxylic acids is 1. The van der Waals surface area contributed by atoms with Crippen LogP contribution in [-0.4, -0.2) is 54.7 Å². The summed E-state index contributed by atoms with van der Waals surface area (Å²) < 4.78 is 18.5. The maximum Gasteiger partial charge on any atom is 0.409 e. The van der Waals surface area contributed by atoms with E-state index in [1.54, 1.807) is 6.07 Å². The van der Waals surface area contributed by atoms with Gasteiger partial charge in [-0.2, -0.15) is 0 Å². The van der Waals surface area contributed by atoms with Crippen LogP contribution in [0.5, 0.6) is 0 Å².